The number of likely N-dealkylation sites (tertiary alicyclic amines) is 1. The number of carbonyl (C=O) groups excluding carboxylic acids is 2. The Labute approximate surface area is 176 Å². The highest BCUT2D eigenvalue weighted by atomic mass is 19.3. The number of hydrogen-bond acceptors (Lipinski definition) is 4. The first kappa shape index (κ1) is 21.5. The molecule has 168 valence electrons. The second-order valence-corrected chi connectivity index (χ2v) is 8.13. The molecule has 11 heteroatoms. The van der Waals surface area contributed by atoms with Crippen molar-refractivity contribution in [1.82, 2.24) is 19.8 Å². The Bertz CT molecular complexity index is 972. The molecule has 2 aromatic rings. The number of nitrogens with zero attached hydrogens (tertiary/aromatic N) is 4. The number of amides is 3. The van der Waals surface area contributed by atoms with E-state index in [9.17, 15) is 27.2 Å². The second kappa shape index (κ2) is 8.45. The van der Waals surface area contributed by atoms with Crippen molar-refractivity contribution in [1.29, 1.82) is 0 Å². The molecule has 2 fully saturated rings. The molecule has 0 bridgehead atoms. The van der Waals surface area contributed by atoms with Crippen LogP contribution < -0.4 is 10.2 Å². The average molecular weight is 441 g/mol. The van der Waals surface area contributed by atoms with E-state index in [0.717, 1.165) is 11.1 Å². The van der Waals surface area contributed by atoms with Gasteiger partial charge in [0.1, 0.15) is 0 Å². The molecular formula is C20H23F4N5O2. The monoisotopic (exact) mass is 441 g/mol. The molecule has 0 saturated carbocycles. The smallest absolute Gasteiger partial charge is 0.297 e. The molecule has 4 rings (SSSR count). The van der Waals surface area contributed by atoms with Crippen LogP contribution in [0.3, 0.4) is 0 Å². The predicted octanol–water partition coefficient (Wildman–Crippen LogP) is 2.94. The lowest BCUT2D eigenvalue weighted by molar-refractivity contribution is -0.144. The van der Waals surface area contributed by atoms with Crippen molar-refractivity contribution in [2.75, 3.05) is 31.1 Å². The van der Waals surface area contributed by atoms with Gasteiger partial charge in [-0.2, -0.15) is 13.9 Å². The Morgan fingerprint density at radius 2 is 1.94 bits per heavy atom. The van der Waals surface area contributed by atoms with Crippen LogP contribution in [0.25, 0.3) is 5.52 Å². The predicted molar refractivity (Wildman–Crippen MR) is 105 cm³/mol. The van der Waals surface area contributed by atoms with E-state index in [1.165, 1.54) is 9.80 Å². The van der Waals surface area contributed by atoms with Crippen molar-refractivity contribution < 1.29 is 27.2 Å². The zero-order valence-corrected chi connectivity index (χ0v) is 16.7. The maximum Gasteiger partial charge on any atom is 0.328 e. The lowest BCUT2D eigenvalue weighted by atomic mass is 9.90. The fourth-order valence-electron chi connectivity index (χ4n) is 4.19. The van der Waals surface area contributed by atoms with Crippen LogP contribution in [0, 0.1) is 5.92 Å². The Kier molecular flexibility index (Phi) is 5.87. The van der Waals surface area contributed by atoms with Crippen molar-refractivity contribution in [3.63, 3.8) is 0 Å². The van der Waals surface area contributed by atoms with Crippen molar-refractivity contribution in [2.45, 2.75) is 38.0 Å². The van der Waals surface area contributed by atoms with Gasteiger partial charge in [0.25, 0.3) is 0 Å². The first-order chi connectivity index (χ1) is 14.7. The first-order valence-electron chi connectivity index (χ1n) is 10.2. The molecule has 0 atom stereocenters. The van der Waals surface area contributed by atoms with Gasteiger partial charge >= 0.3 is 18.4 Å². The summed E-state index contributed by atoms with van der Waals surface area (Å²) >= 11 is 0. The molecule has 3 amide bonds. The average Bonchev–Trinajstić information content (AvgIpc) is 3.12. The molecule has 4 heterocycles. The molecule has 2 aliphatic heterocycles. The Hall–Kier alpha value is -2.69. The maximum absolute atomic E-state index is 13.3. The molecule has 0 radical (unpaired) electrons. The summed E-state index contributed by atoms with van der Waals surface area (Å²) in [5, 5.41) is 6.56. The van der Waals surface area contributed by atoms with E-state index in [1.54, 1.807) is 16.9 Å². The van der Waals surface area contributed by atoms with Crippen LogP contribution in [-0.4, -0.2) is 65.0 Å². The number of anilines is 1. The molecule has 2 aromatic heterocycles. The number of carbonyl (C=O) groups is 2. The molecule has 0 aromatic carbocycles. The first-order valence-corrected chi connectivity index (χ1v) is 10.2. The summed E-state index contributed by atoms with van der Waals surface area (Å²) in [5.74, 6) is -4.04. The number of hydrogen-bond donors (Lipinski definition) is 1. The Balaban J connectivity index is 1.41. The van der Waals surface area contributed by atoms with Gasteiger partial charge in [-0.3, -0.25) is 19.9 Å². The topological polar surface area (TPSA) is 70.0 Å². The van der Waals surface area contributed by atoms with E-state index in [-0.39, 0.29) is 24.8 Å². The fourth-order valence-corrected chi connectivity index (χ4v) is 4.19. The van der Waals surface area contributed by atoms with Gasteiger partial charge in [0.05, 0.1) is 23.9 Å². The van der Waals surface area contributed by atoms with Gasteiger partial charge < -0.3 is 0 Å². The van der Waals surface area contributed by atoms with Gasteiger partial charge in [0.15, 0.2) is 0 Å². The van der Waals surface area contributed by atoms with Gasteiger partial charge in [-0.15, -0.1) is 0 Å². The summed E-state index contributed by atoms with van der Waals surface area (Å²) < 4.78 is 53.0. The highest BCUT2D eigenvalue weighted by Crippen LogP contribution is 2.29. The quantitative estimate of drug-likeness (QED) is 0.700. The number of halogens is 4. The van der Waals surface area contributed by atoms with Crippen LogP contribution in [0.5, 0.6) is 0 Å². The third-order valence-electron chi connectivity index (χ3n) is 5.90. The van der Waals surface area contributed by atoms with Crippen molar-refractivity contribution in [2.24, 2.45) is 5.92 Å². The van der Waals surface area contributed by atoms with E-state index in [4.69, 9.17) is 0 Å². The van der Waals surface area contributed by atoms with Crippen LogP contribution in [-0.2, 0) is 11.2 Å². The molecule has 31 heavy (non-hydrogen) atoms. The number of aromatic nitrogens is 2. The summed E-state index contributed by atoms with van der Waals surface area (Å²) in [6.07, 6.45) is 1.94. The standard InChI is InChI=1S/C20H23F4N5O2/c21-18(22)20(23,24)12-27-5-1-13(2-6-27)9-14-3-8-29-15(10-14)16(11-25-29)28-7-4-17(30)26-19(28)31/h3,8,10-11,13,18H,1-2,4-7,9,12H2,(H,26,30,31). The molecule has 1 N–H and O–H groups in total. The largest absolute Gasteiger partial charge is 0.328 e. The summed E-state index contributed by atoms with van der Waals surface area (Å²) in [5.41, 5.74) is 2.35. The van der Waals surface area contributed by atoms with E-state index in [1.807, 2.05) is 12.1 Å². The second-order valence-electron chi connectivity index (χ2n) is 8.13. The zero-order chi connectivity index (χ0) is 22.2. The van der Waals surface area contributed by atoms with Crippen LogP contribution in [0.4, 0.5) is 28.0 Å². The molecule has 0 aliphatic carbocycles. The highest BCUT2D eigenvalue weighted by Gasteiger charge is 2.42. The van der Waals surface area contributed by atoms with Crippen LogP contribution >= 0.6 is 0 Å². The van der Waals surface area contributed by atoms with Gasteiger partial charge in [-0.1, -0.05) is 0 Å². The van der Waals surface area contributed by atoms with E-state index in [0.29, 0.717) is 38.0 Å². The zero-order valence-electron chi connectivity index (χ0n) is 16.7. The van der Waals surface area contributed by atoms with E-state index < -0.39 is 24.9 Å². The summed E-state index contributed by atoms with van der Waals surface area (Å²) in [4.78, 5) is 26.5. The van der Waals surface area contributed by atoms with E-state index >= 15 is 0 Å². The van der Waals surface area contributed by atoms with Gasteiger partial charge in [-0.05, 0) is 56.0 Å². The molecule has 2 aliphatic rings. The highest BCUT2D eigenvalue weighted by molar-refractivity contribution is 6.07. The fraction of sp³-hybridized carbons (Fsp3) is 0.550. The summed E-state index contributed by atoms with van der Waals surface area (Å²) in [7, 11) is 0. The number of imide groups is 1. The minimum absolute atomic E-state index is 0.214. The summed E-state index contributed by atoms with van der Waals surface area (Å²) in [6.45, 7) is 0.0746. The number of nitrogens with one attached hydrogen (secondary N) is 1. The Morgan fingerprint density at radius 1 is 1.19 bits per heavy atom. The number of pyridine rings is 1. The number of piperidine rings is 1. The SMILES string of the molecule is O=C1CCN(c2cnn3ccc(CC4CCN(CC(F)(F)C(F)F)CC4)cc23)C(=O)N1. The van der Waals surface area contributed by atoms with Crippen LogP contribution in [0.2, 0.25) is 0 Å². The molecule has 7 nitrogen and oxygen atoms in total. The molecule has 2 saturated heterocycles. The minimum atomic E-state index is -3.98. The molecular weight excluding hydrogens is 418 g/mol. The van der Waals surface area contributed by atoms with Crippen LogP contribution in [0.1, 0.15) is 24.8 Å². The number of alkyl halides is 4. The lowest BCUT2D eigenvalue weighted by Gasteiger charge is -2.34. The molecule has 0 unspecified atom stereocenters. The third-order valence-corrected chi connectivity index (χ3v) is 5.90. The lowest BCUT2D eigenvalue weighted by Crippen LogP contribution is -2.49. The van der Waals surface area contributed by atoms with Gasteiger partial charge in [0, 0.05) is 19.2 Å². The number of fused-ring (bicyclic) bond motifs is 1. The minimum Gasteiger partial charge on any atom is -0.297 e. The van der Waals surface area contributed by atoms with Gasteiger partial charge in [-0.25, -0.2) is 18.1 Å². The number of rotatable bonds is 6. The Morgan fingerprint density at radius 3 is 2.61 bits per heavy atom. The number of urea groups is 1. The third kappa shape index (κ3) is 4.65. The van der Waals surface area contributed by atoms with Crippen molar-refractivity contribution in [3.8, 4) is 0 Å². The van der Waals surface area contributed by atoms with Crippen LogP contribution in [0.15, 0.2) is 24.5 Å². The van der Waals surface area contributed by atoms with Crippen molar-refractivity contribution in [3.05, 3.63) is 30.1 Å². The normalized spacial score (nSPS) is 19.5. The summed E-state index contributed by atoms with van der Waals surface area (Å²) in [6, 6.07) is 3.37. The van der Waals surface area contributed by atoms with Crippen molar-refractivity contribution >= 4 is 23.1 Å². The molecule has 0 spiro atoms. The maximum atomic E-state index is 13.3. The van der Waals surface area contributed by atoms with Gasteiger partial charge in [0.2, 0.25) is 5.91 Å². The van der Waals surface area contributed by atoms with E-state index in [2.05, 4.69) is 10.4 Å².